The Morgan fingerprint density at radius 3 is 2.55 bits per heavy atom. The minimum Gasteiger partial charge on any atom is -0.489 e. The van der Waals surface area contributed by atoms with Crippen molar-refractivity contribution >= 4 is 15.9 Å². The highest BCUT2D eigenvalue weighted by Gasteiger charge is 2.08. The molecule has 2 aromatic carbocycles. The van der Waals surface area contributed by atoms with E-state index in [1.54, 1.807) is 6.07 Å². The van der Waals surface area contributed by atoms with E-state index in [0.29, 0.717) is 24.3 Å². The molecule has 0 aromatic heterocycles. The van der Waals surface area contributed by atoms with Crippen LogP contribution >= 0.6 is 15.9 Å². The smallest absolute Gasteiger partial charge is 0.132 e. The van der Waals surface area contributed by atoms with E-state index in [2.05, 4.69) is 15.9 Å². The maximum atomic E-state index is 13.5. The molecular formula is C15H14BrF2NO. The molecule has 20 heavy (non-hydrogen) atoms. The van der Waals surface area contributed by atoms with Crippen LogP contribution in [0.25, 0.3) is 0 Å². The summed E-state index contributed by atoms with van der Waals surface area (Å²) in [7, 11) is 0. The number of rotatable bonds is 5. The minimum absolute atomic E-state index is 0.0469. The maximum Gasteiger partial charge on any atom is 0.132 e. The SMILES string of the molecule is NCCc1cc(Br)ccc1OCc1ccc(F)cc1F. The van der Waals surface area contributed by atoms with Crippen molar-refractivity contribution in [2.24, 2.45) is 5.73 Å². The standard InChI is InChI=1S/C15H14BrF2NO/c16-12-2-4-15(10(7-12)5-6-19)20-9-11-1-3-13(17)8-14(11)18/h1-4,7-8H,5-6,9,19H2. The minimum atomic E-state index is -0.609. The number of hydrogen-bond donors (Lipinski definition) is 1. The second kappa shape index (κ2) is 6.81. The van der Waals surface area contributed by atoms with E-state index >= 15 is 0 Å². The fourth-order valence-electron chi connectivity index (χ4n) is 1.83. The molecule has 106 valence electrons. The van der Waals surface area contributed by atoms with Crippen molar-refractivity contribution in [2.75, 3.05) is 6.54 Å². The van der Waals surface area contributed by atoms with E-state index in [1.807, 2.05) is 12.1 Å². The van der Waals surface area contributed by atoms with E-state index in [4.69, 9.17) is 10.5 Å². The fourth-order valence-corrected chi connectivity index (χ4v) is 2.24. The second-order valence-corrected chi connectivity index (χ2v) is 5.23. The average molecular weight is 342 g/mol. The van der Waals surface area contributed by atoms with Crippen LogP contribution < -0.4 is 10.5 Å². The Labute approximate surface area is 124 Å². The Hall–Kier alpha value is -1.46. The molecule has 5 heteroatoms. The van der Waals surface area contributed by atoms with E-state index < -0.39 is 11.6 Å². The molecule has 0 bridgehead atoms. The molecule has 0 saturated heterocycles. The van der Waals surface area contributed by atoms with Crippen molar-refractivity contribution in [3.63, 3.8) is 0 Å². The summed E-state index contributed by atoms with van der Waals surface area (Å²) in [5.41, 5.74) is 6.82. The van der Waals surface area contributed by atoms with Gasteiger partial charge < -0.3 is 10.5 Å². The van der Waals surface area contributed by atoms with Crippen molar-refractivity contribution in [2.45, 2.75) is 13.0 Å². The molecule has 2 N–H and O–H groups in total. The Bertz CT molecular complexity index is 604. The normalized spacial score (nSPS) is 10.6. The monoisotopic (exact) mass is 341 g/mol. The van der Waals surface area contributed by atoms with Gasteiger partial charge in [-0.25, -0.2) is 8.78 Å². The number of halogens is 3. The lowest BCUT2D eigenvalue weighted by Gasteiger charge is -2.12. The summed E-state index contributed by atoms with van der Waals surface area (Å²) in [5, 5.41) is 0. The highest BCUT2D eigenvalue weighted by atomic mass is 79.9. The molecule has 2 nitrogen and oxygen atoms in total. The summed E-state index contributed by atoms with van der Waals surface area (Å²) in [6, 6.07) is 9.01. The van der Waals surface area contributed by atoms with Gasteiger partial charge in [-0.3, -0.25) is 0 Å². The molecule has 0 radical (unpaired) electrons. The van der Waals surface area contributed by atoms with Crippen molar-refractivity contribution in [3.05, 3.63) is 63.6 Å². The van der Waals surface area contributed by atoms with Gasteiger partial charge in [0.2, 0.25) is 0 Å². The van der Waals surface area contributed by atoms with Gasteiger partial charge in [0, 0.05) is 16.1 Å². The first-order chi connectivity index (χ1) is 9.60. The quantitative estimate of drug-likeness (QED) is 0.897. The van der Waals surface area contributed by atoms with Gasteiger partial charge in [0.15, 0.2) is 0 Å². The third-order valence-corrected chi connectivity index (χ3v) is 3.33. The first-order valence-electron chi connectivity index (χ1n) is 6.15. The summed E-state index contributed by atoms with van der Waals surface area (Å²) >= 11 is 3.38. The summed E-state index contributed by atoms with van der Waals surface area (Å²) in [5.74, 6) is -0.552. The predicted octanol–water partition coefficient (Wildman–Crippen LogP) is 3.81. The van der Waals surface area contributed by atoms with Crippen LogP contribution in [0.15, 0.2) is 40.9 Å². The Balaban J connectivity index is 2.14. The molecule has 0 aliphatic heterocycles. The second-order valence-electron chi connectivity index (χ2n) is 4.32. The third-order valence-electron chi connectivity index (χ3n) is 2.83. The van der Waals surface area contributed by atoms with Crippen LogP contribution in [-0.2, 0) is 13.0 Å². The highest BCUT2D eigenvalue weighted by Crippen LogP contribution is 2.24. The summed E-state index contributed by atoms with van der Waals surface area (Å²) in [4.78, 5) is 0. The van der Waals surface area contributed by atoms with Crippen molar-refractivity contribution < 1.29 is 13.5 Å². The lowest BCUT2D eigenvalue weighted by molar-refractivity contribution is 0.296. The topological polar surface area (TPSA) is 35.2 Å². The van der Waals surface area contributed by atoms with Gasteiger partial charge in [0.25, 0.3) is 0 Å². The molecule has 0 saturated carbocycles. The summed E-state index contributed by atoms with van der Waals surface area (Å²) < 4.78 is 32.9. The number of nitrogens with two attached hydrogens (primary N) is 1. The van der Waals surface area contributed by atoms with Gasteiger partial charge in [-0.15, -0.1) is 0 Å². The predicted molar refractivity (Wildman–Crippen MR) is 77.6 cm³/mol. The first kappa shape index (κ1) is 14.9. The zero-order valence-corrected chi connectivity index (χ0v) is 12.3. The zero-order chi connectivity index (χ0) is 14.5. The van der Waals surface area contributed by atoms with Gasteiger partial charge in [-0.2, -0.15) is 0 Å². The zero-order valence-electron chi connectivity index (χ0n) is 10.7. The lowest BCUT2D eigenvalue weighted by Crippen LogP contribution is -2.06. The molecule has 0 atom stereocenters. The molecule has 0 spiro atoms. The van der Waals surface area contributed by atoms with Gasteiger partial charge >= 0.3 is 0 Å². The largest absolute Gasteiger partial charge is 0.489 e. The Morgan fingerprint density at radius 2 is 1.85 bits per heavy atom. The van der Waals surface area contributed by atoms with Gasteiger partial charge in [-0.05, 0) is 48.9 Å². The summed E-state index contributed by atoms with van der Waals surface area (Å²) in [6.07, 6.45) is 0.667. The molecule has 2 aromatic rings. The van der Waals surface area contributed by atoms with Crippen LogP contribution in [0.2, 0.25) is 0 Å². The van der Waals surface area contributed by atoms with Gasteiger partial charge in [-0.1, -0.05) is 15.9 Å². The molecule has 0 heterocycles. The van der Waals surface area contributed by atoms with Crippen LogP contribution in [0, 0.1) is 11.6 Å². The third kappa shape index (κ3) is 3.77. The molecule has 0 fully saturated rings. The maximum absolute atomic E-state index is 13.5. The molecule has 2 rings (SSSR count). The lowest BCUT2D eigenvalue weighted by atomic mass is 10.1. The van der Waals surface area contributed by atoms with Crippen molar-refractivity contribution in [1.29, 1.82) is 0 Å². The summed E-state index contributed by atoms with van der Waals surface area (Å²) in [6.45, 7) is 0.545. The molecule has 0 aliphatic carbocycles. The van der Waals surface area contributed by atoms with E-state index in [0.717, 1.165) is 16.1 Å². The van der Waals surface area contributed by atoms with Crippen molar-refractivity contribution in [1.82, 2.24) is 0 Å². The Kier molecular flexibility index (Phi) is 5.09. The first-order valence-corrected chi connectivity index (χ1v) is 6.94. The van der Waals surface area contributed by atoms with Crippen LogP contribution in [-0.4, -0.2) is 6.54 Å². The van der Waals surface area contributed by atoms with Crippen molar-refractivity contribution in [3.8, 4) is 5.75 Å². The van der Waals surface area contributed by atoms with Crippen LogP contribution in [0.1, 0.15) is 11.1 Å². The van der Waals surface area contributed by atoms with Gasteiger partial charge in [0.05, 0.1) is 0 Å². The molecule has 0 aliphatic rings. The molecule has 0 amide bonds. The van der Waals surface area contributed by atoms with Crippen LogP contribution in [0.5, 0.6) is 5.75 Å². The van der Waals surface area contributed by atoms with Crippen LogP contribution in [0.4, 0.5) is 8.78 Å². The average Bonchev–Trinajstić information content (AvgIpc) is 2.40. The Morgan fingerprint density at radius 1 is 1.05 bits per heavy atom. The fraction of sp³-hybridized carbons (Fsp3) is 0.200. The molecular weight excluding hydrogens is 328 g/mol. The number of ether oxygens (including phenoxy) is 1. The van der Waals surface area contributed by atoms with Crippen LogP contribution in [0.3, 0.4) is 0 Å². The number of benzene rings is 2. The molecule has 0 unspecified atom stereocenters. The van der Waals surface area contributed by atoms with E-state index in [9.17, 15) is 8.78 Å². The van der Waals surface area contributed by atoms with E-state index in [1.165, 1.54) is 12.1 Å². The highest BCUT2D eigenvalue weighted by molar-refractivity contribution is 9.10. The van der Waals surface area contributed by atoms with Gasteiger partial charge in [0.1, 0.15) is 24.0 Å². The van der Waals surface area contributed by atoms with E-state index in [-0.39, 0.29) is 6.61 Å². The number of hydrogen-bond acceptors (Lipinski definition) is 2.